The van der Waals surface area contributed by atoms with E-state index in [-0.39, 0.29) is 17.1 Å². The number of nitrogens with one attached hydrogen (secondary N) is 1. The number of nitrogen functional groups attached to an aromatic ring is 1. The molecule has 8 heteroatoms. The van der Waals surface area contributed by atoms with Gasteiger partial charge in [-0.1, -0.05) is 0 Å². The number of carbonyl (C=O) groups excluding carboxylic acids is 1. The number of ether oxygens (including phenoxy) is 1. The van der Waals surface area contributed by atoms with Crippen molar-refractivity contribution in [2.75, 3.05) is 36.3 Å². The van der Waals surface area contributed by atoms with E-state index in [0.29, 0.717) is 13.0 Å². The lowest BCUT2D eigenvalue weighted by Crippen LogP contribution is -2.25. The lowest BCUT2D eigenvalue weighted by molar-refractivity contribution is -0.113. The fraction of sp³-hybridized carbons (Fsp3) is 0.417. The SMILES string of the molecule is COCCCS(=O)(=O)CC(=O)Nc1ccc(F)c(N)c1. The zero-order chi connectivity index (χ0) is 15.2. The molecular formula is C12H17FN2O4S. The van der Waals surface area contributed by atoms with E-state index in [4.69, 9.17) is 10.5 Å². The van der Waals surface area contributed by atoms with Gasteiger partial charge in [-0.3, -0.25) is 4.79 Å². The van der Waals surface area contributed by atoms with Crippen molar-refractivity contribution in [2.24, 2.45) is 0 Å². The molecular weight excluding hydrogens is 287 g/mol. The third-order valence-electron chi connectivity index (χ3n) is 2.43. The van der Waals surface area contributed by atoms with E-state index in [9.17, 15) is 17.6 Å². The second-order valence-electron chi connectivity index (χ2n) is 4.22. The maximum atomic E-state index is 12.9. The highest BCUT2D eigenvalue weighted by Crippen LogP contribution is 2.16. The summed E-state index contributed by atoms with van der Waals surface area (Å²) in [5, 5.41) is 2.36. The molecule has 0 aromatic heterocycles. The average molecular weight is 304 g/mol. The molecule has 0 atom stereocenters. The molecule has 0 spiro atoms. The van der Waals surface area contributed by atoms with Gasteiger partial charge in [-0.05, 0) is 24.6 Å². The zero-order valence-corrected chi connectivity index (χ0v) is 11.9. The summed E-state index contributed by atoms with van der Waals surface area (Å²) in [4.78, 5) is 11.6. The molecule has 0 aliphatic heterocycles. The predicted octanol–water partition coefficient (Wildman–Crippen LogP) is 0.798. The Labute approximate surface area is 117 Å². The van der Waals surface area contributed by atoms with Gasteiger partial charge in [0.1, 0.15) is 11.6 Å². The first-order valence-corrected chi connectivity index (χ1v) is 7.70. The second kappa shape index (κ2) is 7.20. The van der Waals surface area contributed by atoms with E-state index in [1.807, 2.05) is 0 Å². The number of benzene rings is 1. The first kappa shape index (κ1) is 16.4. The molecule has 6 nitrogen and oxygen atoms in total. The topological polar surface area (TPSA) is 98.5 Å². The summed E-state index contributed by atoms with van der Waals surface area (Å²) in [6.45, 7) is 0.315. The van der Waals surface area contributed by atoms with Crippen LogP contribution in [0.4, 0.5) is 15.8 Å². The van der Waals surface area contributed by atoms with Crippen molar-refractivity contribution >= 4 is 27.1 Å². The van der Waals surface area contributed by atoms with Crippen molar-refractivity contribution in [2.45, 2.75) is 6.42 Å². The maximum absolute atomic E-state index is 12.9. The fourth-order valence-corrected chi connectivity index (χ4v) is 2.69. The van der Waals surface area contributed by atoms with Crippen LogP contribution in [0.1, 0.15) is 6.42 Å². The predicted molar refractivity (Wildman–Crippen MR) is 74.6 cm³/mol. The first-order chi connectivity index (χ1) is 9.34. The number of halogens is 1. The Morgan fingerprint density at radius 1 is 1.45 bits per heavy atom. The molecule has 1 amide bonds. The molecule has 1 rings (SSSR count). The Balaban J connectivity index is 2.56. The molecule has 0 fully saturated rings. The molecule has 0 saturated carbocycles. The van der Waals surface area contributed by atoms with Crippen LogP contribution >= 0.6 is 0 Å². The standard InChI is InChI=1S/C12H17FN2O4S/c1-19-5-2-6-20(17,18)8-12(16)15-9-3-4-10(13)11(14)7-9/h3-4,7H,2,5-6,8,14H2,1H3,(H,15,16). The molecule has 1 aromatic carbocycles. The molecule has 20 heavy (non-hydrogen) atoms. The van der Waals surface area contributed by atoms with Crippen molar-refractivity contribution in [1.29, 1.82) is 0 Å². The molecule has 1 aromatic rings. The number of hydrogen-bond donors (Lipinski definition) is 2. The summed E-state index contributed by atoms with van der Waals surface area (Å²) >= 11 is 0. The normalized spacial score (nSPS) is 11.3. The summed E-state index contributed by atoms with van der Waals surface area (Å²) in [7, 11) is -2.02. The van der Waals surface area contributed by atoms with Crippen LogP contribution in [-0.2, 0) is 19.4 Å². The van der Waals surface area contributed by atoms with E-state index in [2.05, 4.69) is 5.32 Å². The average Bonchev–Trinajstić information content (AvgIpc) is 2.33. The van der Waals surface area contributed by atoms with Gasteiger partial charge in [0.25, 0.3) is 0 Å². The van der Waals surface area contributed by atoms with Crippen LogP contribution < -0.4 is 11.1 Å². The van der Waals surface area contributed by atoms with Crippen molar-refractivity contribution in [3.8, 4) is 0 Å². The van der Waals surface area contributed by atoms with Gasteiger partial charge in [-0.15, -0.1) is 0 Å². The lowest BCUT2D eigenvalue weighted by Gasteiger charge is -2.07. The number of amides is 1. The molecule has 0 bridgehead atoms. The van der Waals surface area contributed by atoms with Crippen molar-refractivity contribution in [3.63, 3.8) is 0 Å². The highest BCUT2D eigenvalue weighted by molar-refractivity contribution is 7.92. The summed E-state index contributed by atoms with van der Waals surface area (Å²) in [5.74, 6) is -2.04. The Hall–Kier alpha value is -1.67. The maximum Gasteiger partial charge on any atom is 0.239 e. The molecule has 0 aliphatic carbocycles. The van der Waals surface area contributed by atoms with Gasteiger partial charge in [0, 0.05) is 19.4 Å². The number of nitrogens with two attached hydrogens (primary N) is 1. The van der Waals surface area contributed by atoms with Gasteiger partial charge < -0.3 is 15.8 Å². The molecule has 0 aliphatic rings. The Morgan fingerprint density at radius 2 is 2.15 bits per heavy atom. The minimum Gasteiger partial charge on any atom is -0.396 e. The molecule has 0 heterocycles. The van der Waals surface area contributed by atoms with Crippen LogP contribution in [0.15, 0.2) is 18.2 Å². The first-order valence-electron chi connectivity index (χ1n) is 5.88. The van der Waals surface area contributed by atoms with Gasteiger partial charge in [-0.25, -0.2) is 12.8 Å². The van der Waals surface area contributed by atoms with E-state index < -0.39 is 27.3 Å². The summed E-state index contributed by atoms with van der Waals surface area (Å²) in [6.07, 6.45) is 0.329. The number of carbonyl (C=O) groups is 1. The van der Waals surface area contributed by atoms with Crippen LogP contribution in [-0.4, -0.2) is 39.5 Å². The van der Waals surface area contributed by atoms with Gasteiger partial charge in [0.2, 0.25) is 5.91 Å². The second-order valence-corrected chi connectivity index (χ2v) is 6.41. The lowest BCUT2D eigenvalue weighted by atomic mass is 10.2. The molecule has 0 saturated heterocycles. The molecule has 0 radical (unpaired) electrons. The number of sulfone groups is 1. The molecule has 0 unspecified atom stereocenters. The van der Waals surface area contributed by atoms with Gasteiger partial charge in [0.05, 0.1) is 11.4 Å². The summed E-state index contributed by atoms with van der Waals surface area (Å²) in [6, 6.07) is 3.63. The zero-order valence-electron chi connectivity index (χ0n) is 11.1. The van der Waals surface area contributed by atoms with Gasteiger partial charge in [-0.2, -0.15) is 0 Å². The van der Waals surface area contributed by atoms with E-state index in [0.717, 1.165) is 6.07 Å². The van der Waals surface area contributed by atoms with Crippen LogP contribution in [0.5, 0.6) is 0 Å². The minimum atomic E-state index is -3.49. The Kier molecular flexibility index (Phi) is 5.90. The molecule has 112 valence electrons. The number of hydrogen-bond acceptors (Lipinski definition) is 5. The third-order valence-corrected chi connectivity index (χ3v) is 4.05. The molecule has 3 N–H and O–H groups in total. The highest BCUT2D eigenvalue weighted by atomic mass is 32.2. The quantitative estimate of drug-likeness (QED) is 0.573. The number of rotatable bonds is 7. The highest BCUT2D eigenvalue weighted by Gasteiger charge is 2.16. The summed E-state index contributed by atoms with van der Waals surface area (Å²) < 4.78 is 40.9. The smallest absolute Gasteiger partial charge is 0.239 e. The summed E-state index contributed by atoms with van der Waals surface area (Å²) in [5.41, 5.74) is 5.48. The fourth-order valence-electron chi connectivity index (χ4n) is 1.51. The Morgan fingerprint density at radius 3 is 2.75 bits per heavy atom. The largest absolute Gasteiger partial charge is 0.396 e. The van der Waals surface area contributed by atoms with E-state index in [1.165, 1.54) is 19.2 Å². The van der Waals surface area contributed by atoms with E-state index >= 15 is 0 Å². The third kappa shape index (κ3) is 5.54. The van der Waals surface area contributed by atoms with Crippen LogP contribution in [0.25, 0.3) is 0 Å². The van der Waals surface area contributed by atoms with Gasteiger partial charge in [0.15, 0.2) is 9.84 Å². The van der Waals surface area contributed by atoms with Crippen LogP contribution in [0, 0.1) is 5.82 Å². The van der Waals surface area contributed by atoms with Crippen molar-refractivity contribution in [3.05, 3.63) is 24.0 Å². The van der Waals surface area contributed by atoms with E-state index in [1.54, 1.807) is 0 Å². The number of methoxy groups -OCH3 is 1. The van der Waals surface area contributed by atoms with Crippen molar-refractivity contribution < 1.29 is 22.3 Å². The van der Waals surface area contributed by atoms with Crippen molar-refractivity contribution in [1.82, 2.24) is 0 Å². The monoisotopic (exact) mass is 304 g/mol. The number of anilines is 2. The van der Waals surface area contributed by atoms with Crippen LogP contribution in [0.2, 0.25) is 0 Å². The minimum absolute atomic E-state index is 0.120. The Bertz CT molecular complexity index is 575. The van der Waals surface area contributed by atoms with Crippen LogP contribution in [0.3, 0.4) is 0 Å². The van der Waals surface area contributed by atoms with Gasteiger partial charge >= 0.3 is 0 Å².